The van der Waals surface area contributed by atoms with Crippen LogP contribution < -0.4 is 5.32 Å². The molecule has 0 fully saturated rings. The lowest BCUT2D eigenvalue weighted by Crippen LogP contribution is -2.34. The van der Waals surface area contributed by atoms with Gasteiger partial charge in [-0.15, -0.1) is 6.58 Å². The first-order chi connectivity index (χ1) is 9.06. The van der Waals surface area contributed by atoms with Gasteiger partial charge in [-0.1, -0.05) is 42.0 Å². The summed E-state index contributed by atoms with van der Waals surface area (Å²) in [5, 5.41) is 14.2. The Morgan fingerprint density at radius 3 is 2.89 bits per heavy atom. The van der Waals surface area contributed by atoms with Gasteiger partial charge in [-0.05, 0) is 12.5 Å². The van der Waals surface area contributed by atoms with Crippen molar-refractivity contribution < 1.29 is 4.92 Å². The summed E-state index contributed by atoms with van der Waals surface area (Å²) in [5.41, 5.74) is -0.703. The summed E-state index contributed by atoms with van der Waals surface area (Å²) in [6.07, 6.45) is 9.92. The molecule has 0 saturated carbocycles. The van der Waals surface area contributed by atoms with E-state index in [1.807, 2.05) is 24.3 Å². The van der Waals surface area contributed by atoms with Gasteiger partial charge in [0.25, 0.3) is 0 Å². The molecule has 19 heavy (non-hydrogen) atoms. The number of pyridine rings is 1. The summed E-state index contributed by atoms with van der Waals surface area (Å²) in [4.78, 5) is 14.5. The van der Waals surface area contributed by atoms with Crippen molar-refractivity contribution in [3.63, 3.8) is 0 Å². The zero-order chi connectivity index (χ0) is 13.9. The Morgan fingerprint density at radius 2 is 2.32 bits per heavy atom. The summed E-state index contributed by atoms with van der Waals surface area (Å²) in [5.74, 6) is 0.136. The van der Waals surface area contributed by atoms with Crippen molar-refractivity contribution in [3.05, 3.63) is 64.4 Å². The zero-order valence-corrected chi connectivity index (χ0v) is 10.8. The maximum absolute atomic E-state index is 11.0. The Hall–Kier alpha value is -2.14. The molecular weight excluding hydrogens is 266 g/mol. The Morgan fingerprint density at radius 1 is 1.53 bits per heavy atom. The second kappa shape index (κ2) is 5.24. The fourth-order valence-electron chi connectivity index (χ4n) is 1.82. The van der Waals surface area contributed by atoms with E-state index in [-0.39, 0.29) is 16.7 Å². The van der Waals surface area contributed by atoms with Gasteiger partial charge in [0.1, 0.15) is 5.15 Å². The topological polar surface area (TPSA) is 68.1 Å². The number of nitrogens with zero attached hydrogens (tertiary/aromatic N) is 2. The van der Waals surface area contributed by atoms with E-state index in [0.717, 1.165) is 0 Å². The molecule has 2 rings (SSSR count). The normalized spacial score (nSPS) is 21.1. The van der Waals surface area contributed by atoms with Gasteiger partial charge in [-0.25, -0.2) is 4.98 Å². The van der Waals surface area contributed by atoms with Gasteiger partial charge >= 0.3 is 5.69 Å². The van der Waals surface area contributed by atoms with Crippen LogP contribution >= 0.6 is 11.6 Å². The SMILES string of the molecule is C=C[C@@]1(Nc2nc(Cl)ccc2[N+](=O)[O-])C=CC=CC1. The lowest BCUT2D eigenvalue weighted by atomic mass is 9.91. The van der Waals surface area contributed by atoms with Crippen molar-refractivity contribution in [2.24, 2.45) is 0 Å². The van der Waals surface area contributed by atoms with Crippen LogP contribution in [-0.4, -0.2) is 15.4 Å². The largest absolute Gasteiger partial charge is 0.352 e. The second-order valence-electron chi connectivity index (χ2n) is 4.12. The number of nitro groups is 1. The van der Waals surface area contributed by atoms with Gasteiger partial charge in [0.15, 0.2) is 0 Å². The molecule has 1 aromatic heterocycles. The molecule has 6 heteroatoms. The number of nitrogens with one attached hydrogen (secondary N) is 1. The van der Waals surface area contributed by atoms with Crippen molar-refractivity contribution in [1.82, 2.24) is 4.98 Å². The van der Waals surface area contributed by atoms with Crippen molar-refractivity contribution in [1.29, 1.82) is 0 Å². The van der Waals surface area contributed by atoms with Crippen LogP contribution in [0.2, 0.25) is 5.15 Å². The van der Waals surface area contributed by atoms with Crippen LogP contribution in [0, 0.1) is 10.1 Å². The molecule has 1 heterocycles. The standard InChI is InChI=1S/C13H12ClN3O2/c1-2-13(8-4-3-5-9-13)16-12-10(17(18)19)6-7-11(14)15-12/h2-8H,1,9H2,(H,15,16)/t13-/m1/s1. The van der Waals surface area contributed by atoms with Gasteiger partial charge in [-0.3, -0.25) is 10.1 Å². The van der Waals surface area contributed by atoms with Crippen molar-refractivity contribution >= 4 is 23.1 Å². The van der Waals surface area contributed by atoms with Gasteiger partial charge in [0.2, 0.25) is 5.82 Å². The van der Waals surface area contributed by atoms with Crippen molar-refractivity contribution in [3.8, 4) is 0 Å². The van der Waals surface area contributed by atoms with Gasteiger partial charge in [0.05, 0.1) is 10.5 Å². The monoisotopic (exact) mass is 277 g/mol. The fourth-order valence-corrected chi connectivity index (χ4v) is 1.97. The van der Waals surface area contributed by atoms with E-state index >= 15 is 0 Å². The molecule has 0 radical (unpaired) electrons. The maximum Gasteiger partial charge on any atom is 0.311 e. The maximum atomic E-state index is 11.0. The lowest BCUT2D eigenvalue weighted by molar-refractivity contribution is -0.384. The van der Waals surface area contributed by atoms with E-state index in [9.17, 15) is 10.1 Å². The van der Waals surface area contributed by atoms with Gasteiger partial charge in [-0.2, -0.15) is 0 Å². The molecule has 1 aromatic rings. The summed E-state index contributed by atoms with van der Waals surface area (Å²) < 4.78 is 0. The van der Waals surface area contributed by atoms with Crippen LogP contribution in [0.1, 0.15) is 6.42 Å². The van der Waals surface area contributed by atoms with Crippen LogP contribution in [0.15, 0.2) is 49.1 Å². The molecule has 1 N–H and O–H groups in total. The Balaban J connectivity index is 2.39. The first kappa shape index (κ1) is 13.3. The Kier molecular flexibility index (Phi) is 3.66. The van der Waals surface area contributed by atoms with Crippen molar-refractivity contribution in [2.75, 3.05) is 5.32 Å². The van der Waals surface area contributed by atoms with Gasteiger partial charge in [0, 0.05) is 6.07 Å². The fraction of sp³-hybridized carbons (Fsp3) is 0.154. The quantitative estimate of drug-likeness (QED) is 0.396. The molecular formula is C13H12ClN3O2. The highest BCUT2D eigenvalue weighted by Crippen LogP contribution is 2.30. The van der Waals surface area contributed by atoms with Crippen molar-refractivity contribution in [2.45, 2.75) is 12.0 Å². The second-order valence-corrected chi connectivity index (χ2v) is 4.51. The van der Waals surface area contributed by atoms with E-state index in [1.54, 1.807) is 6.08 Å². The predicted molar refractivity (Wildman–Crippen MR) is 75.3 cm³/mol. The summed E-state index contributed by atoms with van der Waals surface area (Å²) in [6, 6.07) is 2.72. The molecule has 0 amide bonds. The molecule has 98 valence electrons. The van der Waals surface area contributed by atoms with E-state index in [1.165, 1.54) is 12.1 Å². The van der Waals surface area contributed by atoms with E-state index in [4.69, 9.17) is 11.6 Å². The number of hydrogen-bond donors (Lipinski definition) is 1. The minimum absolute atomic E-state index is 0.117. The van der Waals surface area contributed by atoms with E-state index < -0.39 is 10.5 Å². The molecule has 5 nitrogen and oxygen atoms in total. The zero-order valence-electron chi connectivity index (χ0n) is 10.0. The highest BCUT2D eigenvalue weighted by molar-refractivity contribution is 6.29. The minimum atomic E-state index is -0.586. The minimum Gasteiger partial charge on any atom is -0.352 e. The molecule has 0 saturated heterocycles. The van der Waals surface area contributed by atoms with Crippen LogP contribution in [0.3, 0.4) is 0 Å². The molecule has 0 unspecified atom stereocenters. The summed E-state index contributed by atoms with van der Waals surface area (Å²) in [6.45, 7) is 3.77. The third-order valence-electron chi connectivity index (χ3n) is 2.85. The average Bonchev–Trinajstić information content (AvgIpc) is 2.39. The molecule has 1 aliphatic carbocycles. The molecule has 1 aliphatic rings. The predicted octanol–water partition coefficient (Wildman–Crippen LogP) is 3.50. The lowest BCUT2D eigenvalue weighted by Gasteiger charge is -2.29. The Bertz CT molecular complexity index is 583. The average molecular weight is 278 g/mol. The first-order valence-electron chi connectivity index (χ1n) is 5.63. The van der Waals surface area contributed by atoms with Crippen LogP contribution in [0.4, 0.5) is 11.5 Å². The molecule has 0 bridgehead atoms. The summed E-state index contributed by atoms with van der Waals surface area (Å²) >= 11 is 5.80. The highest BCUT2D eigenvalue weighted by Gasteiger charge is 2.27. The number of allylic oxidation sites excluding steroid dienone is 2. The molecule has 0 aliphatic heterocycles. The molecule has 0 spiro atoms. The number of halogens is 1. The molecule has 1 atom stereocenters. The number of rotatable bonds is 4. The van der Waals surface area contributed by atoms with Crippen LogP contribution in [0.5, 0.6) is 0 Å². The highest BCUT2D eigenvalue weighted by atomic mass is 35.5. The van der Waals surface area contributed by atoms with Crippen LogP contribution in [0.25, 0.3) is 0 Å². The third-order valence-corrected chi connectivity index (χ3v) is 3.06. The number of hydrogen-bond acceptors (Lipinski definition) is 4. The Labute approximate surface area is 115 Å². The first-order valence-corrected chi connectivity index (χ1v) is 6.01. The smallest absolute Gasteiger partial charge is 0.311 e. The molecule has 0 aromatic carbocycles. The van der Waals surface area contributed by atoms with Crippen LogP contribution in [-0.2, 0) is 0 Å². The van der Waals surface area contributed by atoms with E-state index in [2.05, 4.69) is 16.9 Å². The number of aromatic nitrogens is 1. The third kappa shape index (κ3) is 2.82. The summed E-state index contributed by atoms with van der Waals surface area (Å²) in [7, 11) is 0. The van der Waals surface area contributed by atoms with E-state index in [0.29, 0.717) is 6.42 Å². The number of anilines is 1. The van der Waals surface area contributed by atoms with Gasteiger partial charge < -0.3 is 5.32 Å².